The number of hydrogen-bond donors (Lipinski definition) is 1. The third kappa shape index (κ3) is 5.87. The van der Waals surface area contributed by atoms with Gasteiger partial charge in [-0.05, 0) is 44.6 Å². The predicted molar refractivity (Wildman–Crippen MR) is 74.4 cm³/mol. The molecule has 1 fully saturated rings. The summed E-state index contributed by atoms with van der Waals surface area (Å²) in [6.07, 6.45) is 9.45. The molecule has 0 spiro atoms. The van der Waals surface area contributed by atoms with Crippen molar-refractivity contribution in [3.05, 3.63) is 0 Å². The molecule has 1 rings (SSSR count). The Kier molecular flexibility index (Phi) is 7.87. The fourth-order valence-corrected chi connectivity index (χ4v) is 2.82. The van der Waals surface area contributed by atoms with E-state index in [1.54, 1.807) is 0 Å². The zero-order valence-electron chi connectivity index (χ0n) is 12.0. The van der Waals surface area contributed by atoms with Gasteiger partial charge in [-0.3, -0.25) is 0 Å². The molecule has 0 aliphatic carbocycles. The topological polar surface area (TPSA) is 21.3 Å². The first-order chi connectivity index (χ1) is 8.27. The molecule has 1 saturated heterocycles. The van der Waals surface area contributed by atoms with Gasteiger partial charge in [-0.2, -0.15) is 0 Å². The zero-order valence-corrected chi connectivity index (χ0v) is 12.0. The first-order valence-corrected chi connectivity index (χ1v) is 7.62. The molecule has 1 heterocycles. The summed E-state index contributed by atoms with van der Waals surface area (Å²) in [4.78, 5) is 0. The van der Waals surface area contributed by atoms with E-state index in [0.717, 1.165) is 19.1 Å². The molecule has 0 saturated carbocycles. The summed E-state index contributed by atoms with van der Waals surface area (Å²) >= 11 is 0. The van der Waals surface area contributed by atoms with Crippen LogP contribution in [0.2, 0.25) is 0 Å². The lowest BCUT2D eigenvalue weighted by Crippen LogP contribution is -2.44. The van der Waals surface area contributed by atoms with E-state index in [4.69, 9.17) is 4.74 Å². The van der Waals surface area contributed by atoms with Crippen molar-refractivity contribution in [3.63, 3.8) is 0 Å². The summed E-state index contributed by atoms with van der Waals surface area (Å²) < 4.78 is 5.95. The van der Waals surface area contributed by atoms with E-state index in [-0.39, 0.29) is 0 Å². The average Bonchev–Trinajstić information content (AvgIpc) is 2.36. The maximum Gasteiger partial charge on any atom is 0.0728 e. The van der Waals surface area contributed by atoms with Crippen molar-refractivity contribution in [1.29, 1.82) is 0 Å². The second-order valence-corrected chi connectivity index (χ2v) is 5.60. The third-order valence-electron chi connectivity index (χ3n) is 3.76. The van der Waals surface area contributed by atoms with Crippen LogP contribution in [0.1, 0.15) is 65.7 Å². The van der Waals surface area contributed by atoms with Crippen LogP contribution in [0.3, 0.4) is 0 Å². The Labute approximate surface area is 108 Å². The highest BCUT2D eigenvalue weighted by Crippen LogP contribution is 2.22. The van der Waals surface area contributed by atoms with Gasteiger partial charge in [-0.1, -0.05) is 33.6 Å². The SMILES string of the molecule is CCCNC(CC(C)CCC)C1CCCCO1. The summed E-state index contributed by atoms with van der Waals surface area (Å²) in [7, 11) is 0. The van der Waals surface area contributed by atoms with Gasteiger partial charge in [-0.15, -0.1) is 0 Å². The minimum absolute atomic E-state index is 0.467. The highest BCUT2D eigenvalue weighted by molar-refractivity contribution is 4.81. The smallest absolute Gasteiger partial charge is 0.0728 e. The van der Waals surface area contributed by atoms with Crippen molar-refractivity contribution in [2.24, 2.45) is 5.92 Å². The number of nitrogens with one attached hydrogen (secondary N) is 1. The van der Waals surface area contributed by atoms with Crippen LogP contribution >= 0.6 is 0 Å². The Morgan fingerprint density at radius 3 is 2.65 bits per heavy atom. The average molecular weight is 241 g/mol. The standard InChI is InChI=1S/C15H31NO/c1-4-8-13(3)12-14(16-10-5-2)15-9-6-7-11-17-15/h13-16H,4-12H2,1-3H3. The van der Waals surface area contributed by atoms with E-state index in [1.807, 2.05) is 0 Å². The van der Waals surface area contributed by atoms with E-state index in [2.05, 4.69) is 26.1 Å². The quantitative estimate of drug-likeness (QED) is 0.699. The molecule has 102 valence electrons. The Bertz CT molecular complexity index is 178. The molecule has 2 nitrogen and oxygen atoms in total. The maximum absolute atomic E-state index is 5.95. The van der Waals surface area contributed by atoms with Gasteiger partial charge in [0.1, 0.15) is 0 Å². The summed E-state index contributed by atoms with van der Waals surface area (Å²) in [5.41, 5.74) is 0. The van der Waals surface area contributed by atoms with Crippen molar-refractivity contribution < 1.29 is 4.74 Å². The number of rotatable bonds is 8. The van der Waals surface area contributed by atoms with E-state index in [0.29, 0.717) is 12.1 Å². The van der Waals surface area contributed by atoms with Gasteiger partial charge < -0.3 is 10.1 Å². The largest absolute Gasteiger partial charge is 0.377 e. The number of hydrogen-bond acceptors (Lipinski definition) is 2. The van der Waals surface area contributed by atoms with Crippen molar-refractivity contribution in [2.45, 2.75) is 77.9 Å². The minimum atomic E-state index is 0.467. The van der Waals surface area contributed by atoms with Crippen LogP contribution in [0.15, 0.2) is 0 Å². The van der Waals surface area contributed by atoms with Gasteiger partial charge >= 0.3 is 0 Å². The molecule has 0 aromatic rings. The van der Waals surface area contributed by atoms with Crippen molar-refractivity contribution >= 4 is 0 Å². The van der Waals surface area contributed by atoms with Gasteiger partial charge in [0.05, 0.1) is 6.10 Å². The summed E-state index contributed by atoms with van der Waals surface area (Å²) in [6, 6.07) is 0.580. The molecular weight excluding hydrogens is 210 g/mol. The molecule has 0 aromatic carbocycles. The van der Waals surface area contributed by atoms with Crippen LogP contribution < -0.4 is 5.32 Å². The van der Waals surface area contributed by atoms with Crippen LogP contribution in [0.4, 0.5) is 0 Å². The summed E-state index contributed by atoms with van der Waals surface area (Å²) in [5, 5.41) is 3.70. The normalized spacial score (nSPS) is 24.5. The Hall–Kier alpha value is -0.0800. The first-order valence-electron chi connectivity index (χ1n) is 7.62. The van der Waals surface area contributed by atoms with E-state index < -0.39 is 0 Å². The Balaban J connectivity index is 2.40. The van der Waals surface area contributed by atoms with Gasteiger partial charge in [-0.25, -0.2) is 0 Å². The molecule has 2 heteroatoms. The second-order valence-electron chi connectivity index (χ2n) is 5.60. The predicted octanol–water partition coefficient (Wildman–Crippen LogP) is 3.75. The lowest BCUT2D eigenvalue weighted by Gasteiger charge is -2.33. The van der Waals surface area contributed by atoms with Crippen LogP contribution in [0, 0.1) is 5.92 Å². The summed E-state index contributed by atoms with van der Waals surface area (Å²) in [5.74, 6) is 0.819. The van der Waals surface area contributed by atoms with Gasteiger partial charge in [0, 0.05) is 12.6 Å². The van der Waals surface area contributed by atoms with Gasteiger partial charge in [0.15, 0.2) is 0 Å². The maximum atomic E-state index is 5.95. The van der Waals surface area contributed by atoms with Crippen molar-refractivity contribution in [3.8, 4) is 0 Å². The molecule has 1 N–H and O–H groups in total. The van der Waals surface area contributed by atoms with Crippen LogP contribution in [0.5, 0.6) is 0 Å². The summed E-state index contributed by atoms with van der Waals surface area (Å²) in [6.45, 7) is 9.00. The molecule has 3 atom stereocenters. The van der Waals surface area contributed by atoms with E-state index >= 15 is 0 Å². The number of ether oxygens (including phenoxy) is 1. The van der Waals surface area contributed by atoms with Crippen LogP contribution in [-0.4, -0.2) is 25.3 Å². The minimum Gasteiger partial charge on any atom is -0.377 e. The monoisotopic (exact) mass is 241 g/mol. The molecule has 0 radical (unpaired) electrons. The second kappa shape index (κ2) is 8.93. The molecule has 17 heavy (non-hydrogen) atoms. The van der Waals surface area contributed by atoms with Gasteiger partial charge in [0.25, 0.3) is 0 Å². The molecule has 0 amide bonds. The van der Waals surface area contributed by atoms with Gasteiger partial charge in [0.2, 0.25) is 0 Å². The van der Waals surface area contributed by atoms with Crippen LogP contribution in [0.25, 0.3) is 0 Å². The fraction of sp³-hybridized carbons (Fsp3) is 1.00. The molecule has 3 unspecified atom stereocenters. The van der Waals surface area contributed by atoms with E-state index in [9.17, 15) is 0 Å². The Morgan fingerprint density at radius 2 is 2.06 bits per heavy atom. The molecule has 0 bridgehead atoms. The first kappa shape index (κ1) is 15.0. The van der Waals surface area contributed by atoms with E-state index in [1.165, 1.54) is 44.9 Å². The molecule has 0 aromatic heterocycles. The molecule has 1 aliphatic rings. The fourth-order valence-electron chi connectivity index (χ4n) is 2.82. The third-order valence-corrected chi connectivity index (χ3v) is 3.76. The molecule has 1 aliphatic heterocycles. The highest BCUT2D eigenvalue weighted by Gasteiger charge is 2.25. The van der Waals surface area contributed by atoms with Crippen molar-refractivity contribution in [1.82, 2.24) is 5.32 Å². The van der Waals surface area contributed by atoms with Crippen LogP contribution in [-0.2, 0) is 4.74 Å². The molecular formula is C15H31NO. The highest BCUT2D eigenvalue weighted by atomic mass is 16.5. The van der Waals surface area contributed by atoms with Crippen molar-refractivity contribution in [2.75, 3.05) is 13.2 Å². The lowest BCUT2D eigenvalue weighted by molar-refractivity contribution is -0.0123. The Morgan fingerprint density at radius 1 is 1.24 bits per heavy atom. The lowest BCUT2D eigenvalue weighted by atomic mass is 9.91. The zero-order chi connectivity index (χ0) is 12.5.